The Labute approximate surface area is 169 Å². The summed E-state index contributed by atoms with van der Waals surface area (Å²) < 4.78 is 12.2. The highest BCUT2D eigenvalue weighted by atomic mass is 16.5. The number of ether oxygens (including phenoxy) is 2. The van der Waals surface area contributed by atoms with Crippen molar-refractivity contribution >= 4 is 22.5 Å². The molecule has 1 N–H and O–H groups in total. The Morgan fingerprint density at radius 3 is 2.55 bits per heavy atom. The zero-order valence-electron chi connectivity index (χ0n) is 16.9. The summed E-state index contributed by atoms with van der Waals surface area (Å²) in [6, 6.07) is 12.3. The lowest BCUT2D eigenvalue weighted by atomic mass is 10.2. The standard InChI is InChI=1S/C22H25N3O4/c1-4-5-8-13-25-17-10-7-6-9-16(17)20(22(25)27)23-24-21(26)15-11-12-18(28-2)19(14-15)29-3/h6-7,9-12,14,27H,4-5,8,13H2,1-3H3. The van der Waals surface area contributed by atoms with Crippen molar-refractivity contribution in [3.8, 4) is 17.4 Å². The number of aryl methyl sites for hydroxylation is 1. The highest BCUT2D eigenvalue weighted by Crippen LogP contribution is 2.39. The van der Waals surface area contributed by atoms with Crippen molar-refractivity contribution in [3.63, 3.8) is 0 Å². The van der Waals surface area contributed by atoms with Crippen LogP contribution in [0.15, 0.2) is 52.7 Å². The van der Waals surface area contributed by atoms with E-state index >= 15 is 0 Å². The van der Waals surface area contributed by atoms with Crippen LogP contribution < -0.4 is 9.47 Å². The number of hydrogen-bond acceptors (Lipinski definition) is 5. The molecular formula is C22H25N3O4. The van der Waals surface area contributed by atoms with Gasteiger partial charge in [-0.15, -0.1) is 10.2 Å². The molecule has 2 aromatic carbocycles. The molecule has 0 saturated heterocycles. The van der Waals surface area contributed by atoms with Crippen LogP contribution in [0.4, 0.5) is 5.69 Å². The van der Waals surface area contributed by atoms with Crippen LogP contribution >= 0.6 is 0 Å². The number of fused-ring (bicyclic) bond motifs is 1. The third-order valence-electron chi connectivity index (χ3n) is 4.77. The number of amides is 1. The molecule has 0 aliphatic rings. The van der Waals surface area contributed by atoms with Gasteiger partial charge in [0.15, 0.2) is 17.2 Å². The van der Waals surface area contributed by atoms with E-state index in [1.165, 1.54) is 14.2 Å². The fourth-order valence-corrected chi connectivity index (χ4v) is 3.24. The van der Waals surface area contributed by atoms with Crippen molar-refractivity contribution in [1.29, 1.82) is 0 Å². The van der Waals surface area contributed by atoms with Crippen LogP contribution in [-0.2, 0) is 6.54 Å². The monoisotopic (exact) mass is 395 g/mol. The van der Waals surface area contributed by atoms with E-state index in [1.807, 2.05) is 28.8 Å². The number of aromatic hydroxyl groups is 1. The fourth-order valence-electron chi connectivity index (χ4n) is 3.24. The van der Waals surface area contributed by atoms with Gasteiger partial charge >= 0.3 is 0 Å². The molecule has 7 heteroatoms. The van der Waals surface area contributed by atoms with Crippen molar-refractivity contribution in [2.45, 2.75) is 32.7 Å². The number of unbranched alkanes of at least 4 members (excludes halogenated alkanes) is 2. The summed E-state index contributed by atoms with van der Waals surface area (Å²) in [7, 11) is 3.02. The first-order chi connectivity index (χ1) is 14.1. The lowest BCUT2D eigenvalue weighted by Gasteiger charge is -2.07. The normalized spacial score (nSPS) is 11.3. The number of azo groups is 1. The molecule has 1 aromatic heterocycles. The molecule has 0 radical (unpaired) electrons. The van der Waals surface area contributed by atoms with E-state index in [1.54, 1.807) is 18.2 Å². The summed E-state index contributed by atoms with van der Waals surface area (Å²) in [5.74, 6) is 0.442. The van der Waals surface area contributed by atoms with Crippen LogP contribution in [0.2, 0.25) is 0 Å². The molecule has 0 spiro atoms. The van der Waals surface area contributed by atoms with E-state index in [2.05, 4.69) is 17.2 Å². The molecule has 0 unspecified atom stereocenters. The molecule has 7 nitrogen and oxygen atoms in total. The highest BCUT2D eigenvalue weighted by molar-refractivity contribution is 5.97. The fraction of sp³-hybridized carbons (Fsp3) is 0.318. The third-order valence-corrected chi connectivity index (χ3v) is 4.77. The average molecular weight is 395 g/mol. The molecule has 29 heavy (non-hydrogen) atoms. The lowest BCUT2D eigenvalue weighted by molar-refractivity contribution is 0.0994. The second kappa shape index (κ2) is 9.23. The molecular weight excluding hydrogens is 370 g/mol. The smallest absolute Gasteiger partial charge is 0.295 e. The molecule has 0 aliphatic carbocycles. The maximum Gasteiger partial charge on any atom is 0.295 e. The molecule has 3 aromatic rings. The van der Waals surface area contributed by atoms with Crippen molar-refractivity contribution in [3.05, 3.63) is 48.0 Å². The number of carbonyl (C=O) groups is 1. The predicted molar refractivity (Wildman–Crippen MR) is 112 cm³/mol. The zero-order valence-corrected chi connectivity index (χ0v) is 16.9. The number of para-hydroxylation sites is 1. The van der Waals surface area contributed by atoms with E-state index in [0.29, 0.717) is 29.3 Å². The van der Waals surface area contributed by atoms with Gasteiger partial charge in [0.25, 0.3) is 5.91 Å². The predicted octanol–water partition coefficient (Wildman–Crippen LogP) is 5.48. The molecule has 0 fully saturated rings. The van der Waals surface area contributed by atoms with Gasteiger partial charge in [-0.25, -0.2) is 0 Å². The van der Waals surface area contributed by atoms with E-state index in [-0.39, 0.29) is 5.88 Å². The number of hydrogen-bond donors (Lipinski definition) is 1. The second-order valence-electron chi connectivity index (χ2n) is 6.62. The van der Waals surface area contributed by atoms with Gasteiger partial charge in [-0.2, -0.15) is 0 Å². The summed E-state index contributed by atoms with van der Waals surface area (Å²) in [5, 5.41) is 19.4. The van der Waals surface area contributed by atoms with Gasteiger partial charge in [0.1, 0.15) is 0 Å². The molecule has 0 aliphatic heterocycles. The largest absolute Gasteiger partial charge is 0.493 e. The summed E-state index contributed by atoms with van der Waals surface area (Å²) in [4.78, 5) is 12.5. The van der Waals surface area contributed by atoms with Gasteiger partial charge in [-0.05, 0) is 30.7 Å². The Morgan fingerprint density at radius 1 is 1.07 bits per heavy atom. The van der Waals surface area contributed by atoms with Gasteiger partial charge in [0.05, 0.1) is 19.7 Å². The van der Waals surface area contributed by atoms with Gasteiger partial charge in [0, 0.05) is 17.5 Å². The van der Waals surface area contributed by atoms with Crippen LogP contribution in [0.1, 0.15) is 36.5 Å². The van der Waals surface area contributed by atoms with E-state index < -0.39 is 5.91 Å². The molecule has 1 heterocycles. The Balaban J connectivity index is 1.92. The Bertz CT molecular complexity index is 1040. The first kappa shape index (κ1) is 20.4. The quantitative estimate of drug-likeness (QED) is 0.404. The summed E-state index contributed by atoms with van der Waals surface area (Å²) in [6.07, 6.45) is 3.11. The van der Waals surface area contributed by atoms with E-state index in [9.17, 15) is 9.90 Å². The van der Waals surface area contributed by atoms with Crippen LogP contribution in [-0.4, -0.2) is 29.8 Å². The SMILES string of the molecule is CCCCCn1c(O)c(N=NC(=O)c2ccc(OC)c(OC)c2)c2ccccc21. The van der Waals surface area contributed by atoms with Gasteiger partial charge in [-0.3, -0.25) is 4.79 Å². The van der Waals surface area contributed by atoms with Crippen molar-refractivity contribution in [2.24, 2.45) is 10.2 Å². The molecule has 152 valence electrons. The third kappa shape index (κ3) is 4.23. The van der Waals surface area contributed by atoms with E-state index in [0.717, 1.165) is 30.2 Å². The molecule has 0 saturated carbocycles. The highest BCUT2D eigenvalue weighted by Gasteiger charge is 2.17. The van der Waals surface area contributed by atoms with Crippen molar-refractivity contribution in [2.75, 3.05) is 14.2 Å². The summed E-state index contributed by atoms with van der Waals surface area (Å²) >= 11 is 0. The maximum absolute atomic E-state index is 12.5. The minimum absolute atomic E-state index is 0.0196. The molecule has 1 amide bonds. The number of benzene rings is 2. The number of methoxy groups -OCH3 is 2. The van der Waals surface area contributed by atoms with Crippen LogP contribution in [0.3, 0.4) is 0 Å². The first-order valence-electron chi connectivity index (χ1n) is 9.59. The van der Waals surface area contributed by atoms with Gasteiger partial charge < -0.3 is 19.1 Å². The Morgan fingerprint density at radius 2 is 1.83 bits per heavy atom. The zero-order chi connectivity index (χ0) is 20.8. The van der Waals surface area contributed by atoms with Crippen molar-refractivity contribution in [1.82, 2.24) is 4.57 Å². The summed E-state index contributed by atoms with van der Waals surface area (Å²) in [5.41, 5.74) is 1.48. The van der Waals surface area contributed by atoms with E-state index in [4.69, 9.17) is 9.47 Å². The topological polar surface area (TPSA) is 85.4 Å². The van der Waals surface area contributed by atoms with Gasteiger partial charge in [-0.1, -0.05) is 38.0 Å². The number of aromatic nitrogens is 1. The average Bonchev–Trinajstić information content (AvgIpc) is 3.02. The number of carbonyl (C=O) groups excluding carboxylic acids is 1. The molecule has 3 rings (SSSR count). The molecule has 0 atom stereocenters. The van der Waals surface area contributed by atoms with Crippen LogP contribution in [0, 0.1) is 0 Å². The molecule has 0 bridgehead atoms. The minimum Gasteiger partial charge on any atom is -0.493 e. The Kier molecular flexibility index (Phi) is 6.49. The first-order valence-corrected chi connectivity index (χ1v) is 9.59. The lowest BCUT2D eigenvalue weighted by Crippen LogP contribution is -1.97. The number of nitrogens with zero attached hydrogens (tertiary/aromatic N) is 3. The van der Waals surface area contributed by atoms with Crippen molar-refractivity contribution < 1.29 is 19.4 Å². The minimum atomic E-state index is -0.534. The second-order valence-corrected chi connectivity index (χ2v) is 6.62. The summed E-state index contributed by atoms with van der Waals surface area (Å²) in [6.45, 7) is 2.81. The van der Waals surface area contributed by atoms with Crippen LogP contribution in [0.25, 0.3) is 10.9 Å². The maximum atomic E-state index is 12.5. The van der Waals surface area contributed by atoms with Gasteiger partial charge in [0.2, 0.25) is 5.88 Å². The van der Waals surface area contributed by atoms with Crippen LogP contribution in [0.5, 0.6) is 17.4 Å². The Hall–Kier alpha value is -3.35. The number of rotatable bonds is 8.